The minimum atomic E-state index is -0.658. The van der Waals surface area contributed by atoms with Crippen LogP contribution in [0.5, 0.6) is 0 Å². The van der Waals surface area contributed by atoms with Crippen LogP contribution in [0.1, 0.15) is 56.1 Å². The van der Waals surface area contributed by atoms with E-state index in [4.69, 9.17) is 4.74 Å². The Morgan fingerprint density at radius 2 is 1.44 bits per heavy atom. The average molecular weight is 561 g/mol. The first-order valence-corrected chi connectivity index (χ1v) is 14.6. The molecule has 0 spiro atoms. The molecule has 0 unspecified atom stereocenters. The molecule has 1 saturated carbocycles. The van der Waals surface area contributed by atoms with E-state index in [0.717, 1.165) is 24.0 Å². The molecule has 0 radical (unpaired) electrons. The summed E-state index contributed by atoms with van der Waals surface area (Å²) in [5.74, 6) is -1.83. The standard InChI is InChI=1S/C34H44N2O5/c1-3-13-28(23-31(38)35-30(24-37)22-27-17-9-6-10-18-27)32(39)36-34(19-11-12-20-34)25-41-33(40)29(14-4-2)21-26-15-7-5-8-16-26/h3-10,15-18,28-30,37H,1-2,11-14,19-25H2,(H,35,38)(H,36,39)/t28-,29+,30+/m1/s1. The Hall–Kier alpha value is -3.71. The normalized spacial score (nSPS) is 16.1. The van der Waals surface area contributed by atoms with Crippen molar-refractivity contribution in [3.05, 3.63) is 97.1 Å². The van der Waals surface area contributed by atoms with Gasteiger partial charge in [-0.2, -0.15) is 0 Å². The van der Waals surface area contributed by atoms with E-state index in [1.54, 1.807) is 12.2 Å². The van der Waals surface area contributed by atoms with Gasteiger partial charge in [0.25, 0.3) is 0 Å². The molecule has 0 saturated heterocycles. The molecule has 41 heavy (non-hydrogen) atoms. The summed E-state index contributed by atoms with van der Waals surface area (Å²) in [5.41, 5.74) is 1.40. The summed E-state index contributed by atoms with van der Waals surface area (Å²) in [6, 6.07) is 19.0. The number of aliphatic hydroxyl groups is 1. The Kier molecular flexibility index (Phi) is 12.8. The zero-order valence-electron chi connectivity index (χ0n) is 23.9. The van der Waals surface area contributed by atoms with E-state index in [-0.39, 0.29) is 43.3 Å². The molecular weight excluding hydrogens is 516 g/mol. The predicted octanol–water partition coefficient (Wildman–Crippen LogP) is 4.70. The zero-order valence-corrected chi connectivity index (χ0v) is 23.9. The summed E-state index contributed by atoms with van der Waals surface area (Å²) >= 11 is 0. The fraction of sp³-hybridized carbons (Fsp3) is 0.441. The number of nitrogens with one attached hydrogen (secondary N) is 2. The van der Waals surface area contributed by atoms with E-state index < -0.39 is 17.5 Å². The molecule has 0 aromatic heterocycles. The van der Waals surface area contributed by atoms with Gasteiger partial charge in [-0.15, -0.1) is 13.2 Å². The molecule has 3 rings (SSSR count). The Balaban J connectivity index is 1.59. The molecule has 220 valence electrons. The van der Waals surface area contributed by atoms with Crippen molar-refractivity contribution in [1.82, 2.24) is 10.6 Å². The summed E-state index contributed by atoms with van der Waals surface area (Å²) < 4.78 is 5.83. The summed E-state index contributed by atoms with van der Waals surface area (Å²) in [6.45, 7) is 7.46. The van der Waals surface area contributed by atoms with Crippen molar-refractivity contribution in [3.63, 3.8) is 0 Å². The maximum absolute atomic E-state index is 13.5. The molecule has 0 heterocycles. The van der Waals surface area contributed by atoms with E-state index in [0.29, 0.717) is 38.5 Å². The lowest BCUT2D eigenvalue weighted by molar-refractivity contribution is -0.151. The van der Waals surface area contributed by atoms with Crippen LogP contribution in [0.4, 0.5) is 0 Å². The van der Waals surface area contributed by atoms with Crippen molar-refractivity contribution < 1.29 is 24.2 Å². The second-order valence-corrected chi connectivity index (χ2v) is 11.1. The minimum Gasteiger partial charge on any atom is -0.463 e. The van der Waals surface area contributed by atoms with Crippen molar-refractivity contribution in [2.24, 2.45) is 11.8 Å². The van der Waals surface area contributed by atoms with E-state index in [1.165, 1.54) is 0 Å². The second kappa shape index (κ2) is 16.5. The number of esters is 1. The highest BCUT2D eigenvalue weighted by Gasteiger charge is 2.39. The lowest BCUT2D eigenvalue weighted by atomic mass is 9.93. The Labute approximate surface area is 244 Å². The van der Waals surface area contributed by atoms with Crippen molar-refractivity contribution in [2.75, 3.05) is 13.2 Å². The smallest absolute Gasteiger partial charge is 0.309 e. The van der Waals surface area contributed by atoms with Gasteiger partial charge in [0, 0.05) is 6.42 Å². The molecule has 7 heteroatoms. The van der Waals surface area contributed by atoms with Crippen molar-refractivity contribution in [3.8, 4) is 0 Å². The first kappa shape index (κ1) is 31.8. The van der Waals surface area contributed by atoms with Crippen LogP contribution in [-0.4, -0.2) is 47.7 Å². The highest BCUT2D eigenvalue weighted by atomic mass is 16.5. The first-order valence-electron chi connectivity index (χ1n) is 14.6. The van der Waals surface area contributed by atoms with Crippen LogP contribution in [0.15, 0.2) is 86.0 Å². The second-order valence-electron chi connectivity index (χ2n) is 11.1. The third-order valence-electron chi connectivity index (χ3n) is 7.71. The number of allylic oxidation sites excluding steroid dienone is 2. The lowest BCUT2D eigenvalue weighted by Gasteiger charge is -2.32. The fourth-order valence-corrected chi connectivity index (χ4v) is 5.46. The van der Waals surface area contributed by atoms with Gasteiger partial charge in [-0.1, -0.05) is 85.7 Å². The van der Waals surface area contributed by atoms with Gasteiger partial charge in [-0.05, 0) is 49.7 Å². The van der Waals surface area contributed by atoms with Gasteiger partial charge >= 0.3 is 5.97 Å². The Morgan fingerprint density at radius 3 is 2.00 bits per heavy atom. The van der Waals surface area contributed by atoms with E-state index in [2.05, 4.69) is 23.8 Å². The molecule has 3 atom stereocenters. The highest BCUT2D eigenvalue weighted by Crippen LogP contribution is 2.31. The van der Waals surface area contributed by atoms with Gasteiger partial charge in [0.1, 0.15) is 6.61 Å². The van der Waals surface area contributed by atoms with Crippen molar-refractivity contribution in [2.45, 2.75) is 69.4 Å². The van der Waals surface area contributed by atoms with Gasteiger partial charge in [0.2, 0.25) is 11.8 Å². The number of hydrogen-bond acceptors (Lipinski definition) is 5. The quantitative estimate of drug-likeness (QED) is 0.192. The number of ether oxygens (including phenoxy) is 1. The number of benzene rings is 2. The molecule has 1 fully saturated rings. The maximum atomic E-state index is 13.5. The summed E-state index contributed by atoms with van der Waals surface area (Å²) in [6.07, 6.45) is 8.46. The molecule has 2 amide bonds. The zero-order chi connectivity index (χ0) is 29.5. The third kappa shape index (κ3) is 10.3. The molecule has 3 N–H and O–H groups in total. The molecule has 0 bridgehead atoms. The van der Waals surface area contributed by atoms with Crippen molar-refractivity contribution in [1.29, 1.82) is 0 Å². The average Bonchev–Trinajstić information content (AvgIpc) is 3.44. The Morgan fingerprint density at radius 1 is 0.878 bits per heavy atom. The van der Waals surface area contributed by atoms with Gasteiger partial charge in [0.05, 0.1) is 30.0 Å². The first-order chi connectivity index (χ1) is 19.9. The van der Waals surface area contributed by atoms with Gasteiger partial charge < -0.3 is 20.5 Å². The molecule has 1 aliphatic carbocycles. The van der Waals surface area contributed by atoms with Crippen LogP contribution < -0.4 is 10.6 Å². The Bertz CT molecular complexity index is 1130. The van der Waals surface area contributed by atoms with Crippen LogP contribution in [0.2, 0.25) is 0 Å². The molecule has 2 aromatic carbocycles. The summed E-state index contributed by atoms with van der Waals surface area (Å²) in [7, 11) is 0. The number of carbonyl (C=O) groups is 3. The lowest BCUT2D eigenvalue weighted by Crippen LogP contribution is -2.53. The largest absolute Gasteiger partial charge is 0.463 e. The topological polar surface area (TPSA) is 105 Å². The SMILES string of the molecule is C=CC[C@H](CC(=O)N[C@H](CO)Cc1ccccc1)C(=O)NC1(COC(=O)[C@@H](CC=C)Cc2ccccc2)CCCC1. The van der Waals surface area contributed by atoms with Gasteiger partial charge in [0.15, 0.2) is 0 Å². The van der Waals surface area contributed by atoms with Crippen LogP contribution in [0.25, 0.3) is 0 Å². The van der Waals surface area contributed by atoms with Crippen LogP contribution in [0, 0.1) is 11.8 Å². The fourth-order valence-electron chi connectivity index (χ4n) is 5.46. The molecule has 7 nitrogen and oxygen atoms in total. The summed E-state index contributed by atoms with van der Waals surface area (Å²) in [5, 5.41) is 15.8. The maximum Gasteiger partial charge on any atom is 0.309 e. The van der Waals surface area contributed by atoms with E-state index in [9.17, 15) is 19.5 Å². The molecule has 2 aromatic rings. The highest BCUT2D eigenvalue weighted by molar-refractivity contribution is 5.86. The van der Waals surface area contributed by atoms with Crippen LogP contribution >= 0.6 is 0 Å². The minimum absolute atomic E-state index is 0.0303. The number of rotatable bonds is 17. The molecule has 0 aliphatic heterocycles. The third-order valence-corrected chi connectivity index (χ3v) is 7.71. The number of amides is 2. The van der Waals surface area contributed by atoms with E-state index >= 15 is 0 Å². The van der Waals surface area contributed by atoms with Crippen LogP contribution in [0.3, 0.4) is 0 Å². The number of carbonyl (C=O) groups excluding carboxylic acids is 3. The van der Waals surface area contributed by atoms with Crippen LogP contribution in [-0.2, 0) is 32.0 Å². The van der Waals surface area contributed by atoms with Gasteiger partial charge in [-0.25, -0.2) is 0 Å². The van der Waals surface area contributed by atoms with Gasteiger partial charge in [-0.3, -0.25) is 14.4 Å². The summed E-state index contributed by atoms with van der Waals surface area (Å²) in [4.78, 5) is 39.5. The van der Waals surface area contributed by atoms with Crippen molar-refractivity contribution >= 4 is 17.8 Å². The molecular formula is C34H44N2O5. The number of hydrogen-bond donors (Lipinski definition) is 3. The molecule has 1 aliphatic rings. The monoisotopic (exact) mass is 560 g/mol. The number of aliphatic hydroxyl groups excluding tert-OH is 1. The van der Waals surface area contributed by atoms with E-state index in [1.807, 2.05) is 60.7 Å². The predicted molar refractivity (Wildman–Crippen MR) is 161 cm³/mol.